The Labute approximate surface area is 113 Å². The van der Waals surface area contributed by atoms with Crippen molar-refractivity contribution in [2.45, 2.75) is 57.0 Å². The maximum Gasteiger partial charge on any atom is 0.110 e. The average molecular weight is 273 g/mol. The van der Waals surface area contributed by atoms with Crippen molar-refractivity contribution in [1.82, 2.24) is 9.88 Å². The van der Waals surface area contributed by atoms with Gasteiger partial charge in [-0.25, -0.2) is 4.98 Å². The second-order valence-electron chi connectivity index (χ2n) is 4.84. The summed E-state index contributed by atoms with van der Waals surface area (Å²) >= 11 is 7.58. The van der Waals surface area contributed by atoms with Crippen LogP contribution in [0, 0.1) is 0 Å². The molecule has 1 aromatic rings. The lowest BCUT2D eigenvalue weighted by Crippen LogP contribution is -2.33. The normalized spacial score (nSPS) is 19.1. The molecule has 1 unspecified atom stereocenters. The molecule has 4 heteroatoms. The van der Waals surface area contributed by atoms with Crippen LogP contribution in [0.5, 0.6) is 0 Å². The second-order valence-corrected chi connectivity index (χ2v) is 6.00. The largest absolute Gasteiger partial charge is 0.294 e. The molecule has 2 rings (SSSR count). The molecule has 0 bridgehead atoms. The standard InChI is InChI=1S/C13H21ClN2S/c1-3-12(13-15-10(8-14)9-17-13)16(2)11-6-4-5-7-11/h9,11-12H,3-8H2,1-2H3. The van der Waals surface area contributed by atoms with Crippen molar-refractivity contribution in [3.63, 3.8) is 0 Å². The molecule has 1 heterocycles. The van der Waals surface area contributed by atoms with Gasteiger partial charge in [0, 0.05) is 11.4 Å². The minimum absolute atomic E-state index is 0.472. The Bertz CT molecular complexity index is 347. The maximum atomic E-state index is 5.83. The van der Waals surface area contributed by atoms with Crippen molar-refractivity contribution in [2.75, 3.05) is 7.05 Å². The lowest BCUT2D eigenvalue weighted by Gasteiger charge is -2.31. The van der Waals surface area contributed by atoms with E-state index in [2.05, 4.69) is 29.2 Å². The molecule has 17 heavy (non-hydrogen) atoms. The summed E-state index contributed by atoms with van der Waals surface area (Å²) in [5.74, 6) is 0.528. The highest BCUT2D eigenvalue weighted by atomic mass is 35.5. The average Bonchev–Trinajstić information content (AvgIpc) is 3.01. The number of hydrogen-bond donors (Lipinski definition) is 0. The Morgan fingerprint density at radius 2 is 2.24 bits per heavy atom. The fraction of sp³-hybridized carbons (Fsp3) is 0.769. The van der Waals surface area contributed by atoms with Crippen molar-refractivity contribution in [2.24, 2.45) is 0 Å². The van der Waals surface area contributed by atoms with Crippen LogP contribution < -0.4 is 0 Å². The van der Waals surface area contributed by atoms with Gasteiger partial charge in [-0.3, -0.25) is 4.90 Å². The minimum atomic E-state index is 0.472. The van der Waals surface area contributed by atoms with E-state index in [0.29, 0.717) is 11.9 Å². The minimum Gasteiger partial charge on any atom is -0.294 e. The molecular weight excluding hydrogens is 252 g/mol. The summed E-state index contributed by atoms with van der Waals surface area (Å²) in [4.78, 5) is 7.17. The first-order chi connectivity index (χ1) is 8.26. The molecular formula is C13H21ClN2S. The van der Waals surface area contributed by atoms with Crippen LogP contribution in [-0.2, 0) is 5.88 Å². The van der Waals surface area contributed by atoms with Crippen LogP contribution in [0.3, 0.4) is 0 Å². The predicted octanol–water partition coefficient (Wildman–Crippen LogP) is 4.21. The quantitative estimate of drug-likeness (QED) is 0.747. The van der Waals surface area contributed by atoms with Gasteiger partial charge in [-0.05, 0) is 26.3 Å². The Morgan fingerprint density at radius 3 is 2.76 bits per heavy atom. The van der Waals surface area contributed by atoms with Crippen molar-refractivity contribution in [3.05, 3.63) is 16.1 Å². The fourth-order valence-electron chi connectivity index (χ4n) is 2.74. The van der Waals surface area contributed by atoms with Crippen LogP contribution in [0.15, 0.2) is 5.38 Å². The topological polar surface area (TPSA) is 16.1 Å². The summed E-state index contributed by atoms with van der Waals surface area (Å²) in [6.45, 7) is 2.25. The Morgan fingerprint density at radius 1 is 1.53 bits per heavy atom. The molecule has 0 spiro atoms. The number of rotatable bonds is 5. The highest BCUT2D eigenvalue weighted by Crippen LogP contribution is 2.33. The van der Waals surface area contributed by atoms with Gasteiger partial charge >= 0.3 is 0 Å². The number of aromatic nitrogens is 1. The van der Waals surface area contributed by atoms with Gasteiger partial charge in [0.25, 0.3) is 0 Å². The fourth-order valence-corrected chi connectivity index (χ4v) is 4.02. The number of alkyl halides is 1. The molecule has 0 N–H and O–H groups in total. The van der Waals surface area contributed by atoms with E-state index in [1.165, 1.54) is 30.7 Å². The molecule has 0 saturated heterocycles. The molecule has 96 valence electrons. The van der Waals surface area contributed by atoms with Gasteiger partial charge in [-0.1, -0.05) is 19.8 Å². The van der Waals surface area contributed by atoms with Crippen LogP contribution in [0.25, 0.3) is 0 Å². The summed E-state index contributed by atoms with van der Waals surface area (Å²) in [6, 6.07) is 1.23. The molecule has 0 aromatic carbocycles. The molecule has 1 fully saturated rings. The van der Waals surface area contributed by atoms with Gasteiger partial charge in [0.1, 0.15) is 5.01 Å². The van der Waals surface area contributed by atoms with E-state index in [0.717, 1.165) is 18.2 Å². The van der Waals surface area contributed by atoms with Crippen LogP contribution in [0.2, 0.25) is 0 Å². The van der Waals surface area contributed by atoms with Crippen molar-refractivity contribution < 1.29 is 0 Å². The van der Waals surface area contributed by atoms with Crippen molar-refractivity contribution in [1.29, 1.82) is 0 Å². The first-order valence-electron chi connectivity index (χ1n) is 6.48. The molecule has 1 saturated carbocycles. The molecule has 0 amide bonds. The Kier molecular flexibility index (Phi) is 4.83. The van der Waals surface area contributed by atoms with E-state index >= 15 is 0 Å². The summed E-state index contributed by atoms with van der Waals surface area (Å²) in [6.07, 6.45) is 6.59. The third-order valence-corrected chi connectivity index (χ3v) is 5.04. The molecule has 1 aromatic heterocycles. The van der Waals surface area contributed by atoms with Gasteiger partial charge in [-0.15, -0.1) is 22.9 Å². The monoisotopic (exact) mass is 272 g/mol. The summed E-state index contributed by atoms with van der Waals surface area (Å²) in [7, 11) is 2.26. The van der Waals surface area contributed by atoms with Gasteiger partial charge in [-0.2, -0.15) is 0 Å². The van der Waals surface area contributed by atoms with Gasteiger partial charge < -0.3 is 0 Å². The molecule has 1 aliphatic rings. The summed E-state index contributed by atoms with van der Waals surface area (Å²) in [5, 5.41) is 3.32. The number of halogens is 1. The smallest absolute Gasteiger partial charge is 0.110 e. The highest BCUT2D eigenvalue weighted by Gasteiger charge is 2.27. The van der Waals surface area contributed by atoms with E-state index < -0.39 is 0 Å². The summed E-state index contributed by atoms with van der Waals surface area (Å²) in [5.41, 5.74) is 1.02. The van der Waals surface area contributed by atoms with E-state index in [-0.39, 0.29) is 0 Å². The van der Waals surface area contributed by atoms with E-state index in [9.17, 15) is 0 Å². The molecule has 1 aliphatic carbocycles. The Balaban J connectivity index is 2.08. The van der Waals surface area contributed by atoms with Gasteiger partial charge in [0.2, 0.25) is 0 Å². The Hall–Kier alpha value is -0.120. The van der Waals surface area contributed by atoms with Gasteiger partial charge in [0.15, 0.2) is 0 Å². The second kappa shape index (κ2) is 6.17. The highest BCUT2D eigenvalue weighted by molar-refractivity contribution is 7.09. The first-order valence-corrected chi connectivity index (χ1v) is 7.89. The van der Waals surface area contributed by atoms with Crippen molar-refractivity contribution >= 4 is 22.9 Å². The third-order valence-electron chi connectivity index (χ3n) is 3.77. The number of nitrogens with zero attached hydrogens (tertiary/aromatic N) is 2. The van der Waals surface area contributed by atoms with E-state index in [1.54, 1.807) is 11.3 Å². The number of thiazole rings is 1. The molecule has 1 atom stereocenters. The van der Waals surface area contributed by atoms with Crippen molar-refractivity contribution in [3.8, 4) is 0 Å². The summed E-state index contributed by atoms with van der Waals surface area (Å²) < 4.78 is 0. The number of hydrogen-bond acceptors (Lipinski definition) is 3. The zero-order valence-electron chi connectivity index (χ0n) is 10.7. The van der Waals surface area contributed by atoms with E-state index in [1.807, 2.05) is 0 Å². The first kappa shape index (κ1) is 13.3. The van der Waals surface area contributed by atoms with Gasteiger partial charge in [0.05, 0.1) is 17.6 Å². The van der Waals surface area contributed by atoms with Crippen LogP contribution in [0.1, 0.15) is 55.8 Å². The van der Waals surface area contributed by atoms with Crippen LogP contribution in [0.4, 0.5) is 0 Å². The third kappa shape index (κ3) is 3.01. The molecule has 2 nitrogen and oxygen atoms in total. The zero-order valence-corrected chi connectivity index (χ0v) is 12.2. The van der Waals surface area contributed by atoms with Crippen LogP contribution in [-0.4, -0.2) is 23.0 Å². The lowest BCUT2D eigenvalue weighted by molar-refractivity contribution is 0.170. The SMILES string of the molecule is CCC(c1nc(CCl)cs1)N(C)C1CCCC1. The molecule has 0 aliphatic heterocycles. The maximum absolute atomic E-state index is 5.83. The zero-order chi connectivity index (χ0) is 12.3. The van der Waals surface area contributed by atoms with E-state index in [4.69, 9.17) is 11.6 Å². The lowest BCUT2D eigenvalue weighted by atomic mass is 10.1. The predicted molar refractivity (Wildman–Crippen MR) is 74.7 cm³/mol. The molecule has 0 radical (unpaired) electrons. The van der Waals surface area contributed by atoms with Crippen LogP contribution >= 0.6 is 22.9 Å².